The Morgan fingerprint density at radius 2 is 2.07 bits per heavy atom. The topological polar surface area (TPSA) is 86.8 Å². The van der Waals surface area contributed by atoms with Gasteiger partial charge >= 0.3 is 12.1 Å². The summed E-state index contributed by atoms with van der Waals surface area (Å²) in [5.74, 6) is 0. The second kappa shape index (κ2) is 7.00. The summed E-state index contributed by atoms with van der Waals surface area (Å²) in [6, 6.07) is 2.45. The number of ether oxygens (including phenoxy) is 2. The molecule has 0 aliphatic heterocycles. The average molecular weight is 412 g/mol. The number of hydrogen-bond donors (Lipinski definition) is 0. The van der Waals surface area contributed by atoms with Gasteiger partial charge in [-0.1, -0.05) is 0 Å². The highest BCUT2D eigenvalue weighted by Crippen LogP contribution is 2.39. The molecule has 0 atom stereocenters. The molecule has 1 saturated carbocycles. The van der Waals surface area contributed by atoms with Crippen molar-refractivity contribution >= 4 is 11.7 Å². The predicted molar refractivity (Wildman–Crippen MR) is 111 cm³/mol. The standard InChI is InChI=1S/C21H28N6O3/c1-20(2,3)30-19(28)26(6)15-10-21(4,11-15)29-18-24-16(14-12-23-25(5)13-14)9-17-22-7-8-27(17)18/h7-9,12-13,15H,10-11H2,1-6H3/t15-,21+. The van der Waals surface area contributed by atoms with Crippen molar-refractivity contribution in [2.24, 2.45) is 7.05 Å². The molecular weight excluding hydrogens is 384 g/mol. The molecule has 9 nitrogen and oxygen atoms in total. The highest BCUT2D eigenvalue weighted by Gasteiger charge is 2.47. The van der Waals surface area contributed by atoms with Gasteiger partial charge in [0.1, 0.15) is 16.8 Å². The Bertz CT molecular complexity index is 1070. The third kappa shape index (κ3) is 3.96. The van der Waals surface area contributed by atoms with E-state index in [-0.39, 0.29) is 12.1 Å². The normalized spacial score (nSPS) is 21.3. The van der Waals surface area contributed by atoms with E-state index in [1.54, 1.807) is 29.0 Å². The lowest BCUT2D eigenvalue weighted by Gasteiger charge is -2.47. The molecule has 30 heavy (non-hydrogen) atoms. The van der Waals surface area contributed by atoms with Gasteiger partial charge in [0.05, 0.1) is 11.9 Å². The van der Waals surface area contributed by atoms with Crippen molar-refractivity contribution in [2.75, 3.05) is 7.05 Å². The summed E-state index contributed by atoms with van der Waals surface area (Å²) < 4.78 is 15.4. The fourth-order valence-electron chi connectivity index (χ4n) is 3.67. The van der Waals surface area contributed by atoms with Crippen molar-refractivity contribution in [3.63, 3.8) is 0 Å². The lowest BCUT2D eigenvalue weighted by atomic mass is 9.76. The summed E-state index contributed by atoms with van der Waals surface area (Å²) in [5.41, 5.74) is 1.46. The summed E-state index contributed by atoms with van der Waals surface area (Å²) >= 11 is 0. The maximum atomic E-state index is 12.3. The van der Waals surface area contributed by atoms with Crippen LogP contribution >= 0.6 is 0 Å². The number of carbonyl (C=O) groups is 1. The van der Waals surface area contributed by atoms with Gasteiger partial charge in [-0.25, -0.2) is 9.78 Å². The molecule has 0 aromatic carbocycles. The highest BCUT2D eigenvalue weighted by atomic mass is 16.6. The smallest absolute Gasteiger partial charge is 0.410 e. The van der Waals surface area contributed by atoms with Gasteiger partial charge in [-0.3, -0.25) is 9.08 Å². The number of aromatic nitrogens is 5. The molecule has 0 N–H and O–H groups in total. The van der Waals surface area contributed by atoms with E-state index < -0.39 is 11.2 Å². The summed E-state index contributed by atoms with van der Waals surface area (Å²) in [7, 11) is 3.64. The quantitative estimate of drug-likeness (QED) is 0.653. The molecule has 0 spiro atoms. The molecule has 160 valence electrons. The number of imidazole rings is 1. The first-order chi connectivity index (χ1) is 14.0. The Hall–Kier alpha value is -3.10. The molecule has 9 heteroatoms. The summed E-state index contributed by atoms with van der Waals surface area (Å²) in [6.45, 7) is 7.63. The highest BCUT2D eigenvalue weighted by molar-refractivity contribution is 5.68. The van der Waals surface area contributed by atoms with E-state index in [1.165, 1.54) is 0 Å². The van der Waals surface area contributed by atoms with Crippen LogP contribution in [0.1, 0.15) is 40.5 Å². The fraction of sp³-hybridized carbons (Fsp3) is 0.524. The molecular formula is C21H28N6O3. The summed E-state index contributed by atoms with van der Waals surface area (Å²) in [6.07, 6.45) is 8.29. The lowest BCUT2D eigenvalue weighted by molar-refractivity contribution is -0.0622. The molecule has 3 aromatic heterocycles. The Labute approximate surface area is 175 Å². The van der Waals surface area contributed by atoms with E-state index in [9.17, 15) is 4.79 Å². The van der Waals surface area contributed by atoms with Crippen LogP contribution in [0.3, 0.4) is 0 Å². The van der Waals surface area contributed by atoms with Crippen LogP contribution in [0.5, 0.6) is 6.01 Å². The van der Waals surface area contributed by atoms with Crippen molar-refractivity contribution in [3.05, 3.63) is 30.9 Å². The first kappa shape index (κ1) is 20.2. The number of nitrogens with zero attached hydrogens (tertiary/aromatic N) is 6. The molecule has 3 aromatic rings. The zero-order chi connectivity index (χ0) is 21.7. The largest absolute Gasteiger partial charge is 0.458 e. The van der Waals surface area contributed by atoms with Crippen molar-refractivity contribution in [2.45, 2.75) is 57.8 Å². The van der Waals surface area contributed by atoms with Gasteiger partial charge in [-0.05, 0) is 27.7 Å². The van der Waals surface area contributed by atoms with Gasteiger partial charge in [0, 0.05) is 63.2 Å². The van der Waals surface area contributed by atoms with Crippen LogP contribution in [-0.2, 0) is 11.8 Å². The molecule has 1 amide bonds. The van der Waals surface area contributed by atoms with E-state index in [0.717, 1.165) is 16.9 Å². The Kier molecular flexibility index (Phi) is 4.71. The molecule has 4 rings (SSSR count). The molecule has 0 radical (unpaired) electrons. The van der Waals surface area contributed by atoms with E-state index in [2.05, 4.69) is 10.1 Å². The first-order valence-corrected chi connectivity index (χ1v) is 10.0. The Balaban J connectivity index is 1.51. The number of rotatable bonds is 4. The molecule has 0 saturated heterocycles. The van der Waals surface area contributed by atoms with Gasteiger partial charge in [-0.15, -0.1) is 0 Å². The second-order valence-electron chi connectivity index (χ2n) is 9.19. The monoisotopic (exact) mass is 412 g/mol. The maximum Gasteiger partial charge on any atom is 0.410 e. The predicted octanol–water partition coefficient (Wildman–Crippen LogP) is 3.30. The molecule has 0 unspecified atom stereocenters. The minimum Gasteiger partial charge on any atom is -0.458 e. The summed E-state index contributed by atoms with van der Waals surface area (Å²) in [4.78, 5) is 23.1. The number of amides is 1. The van der Waals surface area contributed by atoms with Crippen molar-refractivity contribution < 1.29 is 14.3 Å². The second-order valence-corrected chi connectivity index (χ2v) is 9.19. The zero-order valence-corrected chi connectivity index (χ0v) is 18.3. The van der Waals surface area contributed by atoms with Gasteiger partial charge in [0.15, 0.2) is 0 Å². The molecule has 0 bridgehead atoms. The lowest BCUT2D eigenvalue weighted by Crippen LogP contribution is -2.57. The molecule has 1 aliphatic rings. The van der Waals surface area contributed by atoms with E-state index in [4.69, 9.17) is 14.5 Å². The SMILES string of the molecule is Cn1cc(-c2cc3nccn3c(O[C@]3(C)C[C@H](N(C)C(=O)OC(C)(C)C)C3)n2)cn1. The van der Waals surface area contributed by atoms with Crippen LogP contribution in [-0.4, -0.2) is 59.4 Å². The van der Waals surface area contributed by atoms with Crippen LogP contribution in [0.15, 0.2) is 30.9 Å². The van der Waals surface area contributed by atoms with Crippen LogP contribution < -0.4 is 4.74 Å². The maximum absolute atomic E-state index is 12.3. The van der Waals surface area contributed by atoms with Gasteiger partial charge in [0.2, 0.25) is 0 Å². The molecule has 1 fully saturated rings. The van der Waals surface area contributed by atoms with Crippen molar-refractivity contribution in [1.29, 1.82) is 0 Å². The number of hydrogen-bond acceptors (Lipinski definition) is 6. The van der Waals surface area contributed by atoms with E-state index in [1.807, 2.05) is 57.6 Å². The van der Waals surface area contributed by atoms with E-state index >= 15 is 0 Å². The van der Waals surface area contributed by atoms with Gasteiger partial charge in [0.25, 0.3) is 0 Å². The van der Waals surface area contributed by atoms with Gasteiger partial charge < -0.3 is 14.4 Å². The first-order valence-electron chi connectivity index (χ1n) is 10.0. The van der Waals surface area contributed by atoms with E-state index in [0.29, 0.717) is 18.9 Å². The number of aryl methyl sites for hydroxylation is 1. The third-order valence-corrected chi connectivity index (χ3v) is 5.26. The Morgan fingerprint density at radius 3 is 2.70 bits per heavy atom. The zero-order valence-electron chi connectivity index (χ0n) is 18.3. The number of fused-ring (bicyclic) bond motifs is 1. The van der Waals surface area contributed by atoms with Crippen LogP contribution in [0.2, 0.25) is 0 Å². The molecule has 3 heterocycles. The van der Waals surface area contributed by atoms with Crippen molar-refractivity contribution in [1.82, 2.24) is 29.0 Å². The van der Waals surface area contributed by atoms with Crippen LogP contribution in [0.4, 0.5) is 4.79 Å². The van der Waals surface area contributed by atoms with Gasteiger partial charge in [-0.2, -0.15) is 10.1 Å². The van der Waals surface area contributed by atoms with Crippen LogP contribution in [0, 0.1) is 0 Å². The molecule has 1 aliphatic carbocycles. The average Bonchev–Trinajstić information content (AvgIpc) is 3.26. The van der Waals surface area contributed by atoms with Crippen LogP contribution in [0.25, 0.3) is 16.9 Å². The van der Waals surface area contributed by atoms with Crippen molar-refractivity contribution in [3.8, 4) is 17.3 Å². The minimum atomic E-state index is -0.515. The fourth-order valence-corrected chi connectivity index (χ4v) is 3.67. The number of carbonyl (C=O) groups excluding carboxylic acids is 1. The minimum absolute atomic E-state index is 0.0598. The Morgan fingerprint density at radius 1 is 1.33 bits per heavy atom. The third-order valence-electron chi connectivity index (χ3n) is 5.26. The summed E-state index contributed by atoms with van der Waals surface area (Å²) in [5, 5.41) is 4.22.